The van der Waals surface area contributed by atoms with Gasteiger partial charge in [0.05, 0.1) is 43.9 Å². The van der Waals surface area contributed by atoms with Crippen molar-refractivity contribution in [3.8, 4) is 0 Å². The fourth-order valence-electron chi connectivity index (χ4n) is 8.86. The topological polar surface area (TPSA) is 304 Å². The second kappa shape index (κ2) is 24.9. The third-order valence-corrected chi connectivity index (χ3v) is 17.9. The molecule has 4 amide bonds. The number of β-amino-alcohol motifs (C(OH)–C–C–N with tert-alkyl or cyclic N) is 1. The molecule has 2 saturated heterocycles. The molecule has 0 radical (unpaired) electrons. The number of aliphatic hydroxyl groups excluding tert-OH is 2. The number of rotatable bonds is 17. The molecule has 4 rings (SSSR count). The Labute approximate surface area is 456 Å². The summed E-state index contributed by atoms with van der Waals surface area (Å²) >= 11 is 0. The Morgan fingerprint density at radius 2 is 1.25 bits per heavy atom. The van der Waals surface area contributed by atoms with E-state index in [-0.39, 0.29) is 44.1 Å². The number of esters is 1. The van der Waals surface area contributed by atoms with Crippen LogP contribution in [0.2, 0.25) is 18.1 Å². The van der Waals surface area contributed by atoms with Crippen LogP contribution in [0, 0.1) is 0 Å². The van der Waals surface area contributed by atoms with Crippen molar-refractivity contribution in [2.75, 3.05) is 53.0 Å². The van der Waals surface area contributed by atoms with Crippen molar-refractivity contribution in [2.45, 2.75) is 237 Å². The quantitative estimate of drug-likeness (QED) is 0.0449. The van der Waals surface area contributed by atoms with Gasteiger partial charge < -0.3 is 88.9 Å². The van der Waals surface area contributed by atoms with Crippen LogP contribution in [0.15, 0.2) is 11.8 Å². The molecule has 77 heavy (non-hydrogen) atoms. The summed E-state index contributed by atoms with van der Waals surface area (Å²) in [6.45, 7) is 32.2. The molecular formula is C52H94N6O18Si. The molecule has 8 N–H and O–H groups in total. The smallest absolute Gasteiger partial charge is 0.410 e. The molecule has 0 spiro atoms. The number of nitrogens with zero attached hydrogens (tertiary/aromatic N) is 2. The van der Waals surface area contributed by atoms with Gasteiger partial charge in [0.1, 0.15) is 58.2 Å². The second-order valence-electron chi connectivity index (χ2n) is 26.5. The number of likely N-dealkylation sites (N-methyl/N-ethyl adjacent to an activating group) is 1. The van der Waals surface area contributed by atoms with Gasteiger partial charge in [-0.25, -0.2) is 14.4 Å². The lowest BCUT2D eigenvalue weighted by Crippen LogP contribution is -2.73. The number of carbonyl (C=O) groups excluding carboxylic acids is 5. The zero-order valence-electron chi connectivity index (χ0n) is 49.1. The van der Waals surface area contributed by atoms with Crippen LogP contribution in [0.25, 0.3) is 0 Å². The first-order chi connectivity index (χ1) is 34.9. The van der Waals surface area contributed by atoms with Crippen LogP contribution in [-0.4, -0.2) is 216 Å². The maximum absolute atomic E-state index is 14.3. The molecule has 0 aromatic heterocycles. The van der Waals surface area contributed by atoms with Crippen molar-refractivity contribution in [3.63, 3.8) is 0 Å². The highest BCUT2D eigenvalue weighted by Crippen LogP contribution is 2.38. The number of aliphatic hydroxyl groups is 4. The number of amides is 4. The van der Waals surface area contributed by atoms with Crippen molar-refractivity contribution in [3.05, 3.63) is 11.8 Å². The average molecular weight is 1120 g/mol. The fourth-order valence-corrected chi connectivity index (χ4v) is 9.90. The second-order valence-corrected chi connectivity index (χ2v) is 31.3. The van der Waals surface area contributed by atoms with Gasteiger partial charge in [0.2, 0.25) is 6.29 Å². The van der Waals surface area contributed by atoms with E-state index >= 15 is 0 Å². The van der Waals surface area contributed by atoms with Crippen LogP contribution in [0.5, 0.6) is 0 Å². The molecule has 1 aliphatic carbocycles. The van der Waals surface area contributed by atoms with Crippen molar-refractivity contribution in [1.82, 2.24) is 31.1 Å². The maximum Gasteiger partial charge on any atom is 0.410 e. The largest absolute Gasteiger partial charge is 0.466 e. The summed E-state index contributed by atoms with van der Waals surface area (Å²) < 4.78 is 54.2. The molecular weight excluding hydrogens is 1020 g/mol. The first-order valence-electron chi connectivity index (χ1n) is 26.5. The molecule has 25 heteroatoms. The molecule has 3 heterocycles. The number of ether oxygens (including phenoxy) is 8. The van der Waals surface area contributed by atoms with E-state index in [0.29, 0.717) is 18.9 Å². The molecule has 11 atom stereocenters. The van der Waals surface area contributed by atoms with Crippen molar-refractivity contribution < 1.29 is 86.7 Å². The lowest BCUT2D eigenvalue weighted by atomic mass is 9.82. The number of carbonyl (C=O) groups is 5. The number of alkyl carbamates (subject to hydrolysis) is 2. The molecule has 4 aliphatic rings. The first kappa shape index (κ1) is 65.6. The van der Waals surface area contributed by atoms with E-state index in [0.717, 1.165) is 4.90 Å². The normalized spacial score (nSPS) is 29.4. The van der Waals surface area contributed by atoms with E-state index in [9.17, 15) is 44.4 Å². The Kier molecular flexibility index (Phi) is 21.2. The van der Waals surface area contributed by atoms with Crippen LogP contribution < -0.4 is 21.3 Å². The third kappa shape index (κ3) is 19.4. The van der Waals surface area contributed by atoms with E-state index in [4.69, 9.17) is 42.3 Å². The van der Waals surface area contributed by atoms with E-state index in [1.54, 1.807) is 89.2 Å². The van der Waals surface area contributed by atoms with E-state index in [1.165, 1.54) is 18.9 Å². The zero-order chi connectivity index (χ0) is 58.7. The van der Waals surface area contributed by atoms with Crippen LogP contribution in [0.4, 0.5) is 14.4 Å². The van der Waals surface area contributed by atoms with E-state index < -0.39 is 140 Å². The Morgan fingerprint density at radius 1 is 0.740 bits per heavy atom. The summed E-state index contributed by atoms with van der Waals surface area (Å²) in [5, 5.41) is 59.7. The van der Waals surface area contributed by atoms with Gasteiger partial charge in [0, 0.05) is 33.3 Å². The van der Waals surface area contributed by atoms with Crippen LogP contribution in [0.3, 0.4) is 0 Å². The number of nitrogens with one attached hydrogen (secondary N) is 4. The summed E-state index contributed by atoms with van der Waals surface area (Å²) in [6.07, 6.45) is -10.9. The minimum Gasteiger partial charge on any atom is -0.466 e. The lowest BCUT2D eigenvalue weighted by Gasteiger charge is -2.51. The first-order valence-corrected chi connectivity index (χ1v) is 29.4. The highest BCUT2D eigenvalue weighted by atomic mass is 28.4. The zero-order valence-corrected chi connectivity index (χ0v) is 50.1. The molecule has 3 aliphatic heterocycles. The van der Waals surface area contributed by atoms with Crippen molar-refractivity contribution in [1.29, 1.82) is 0 Å². The summed E-state index contributed by atoms with van der Waals surface area (Å²) in [5.74, 6) is -1.07. The monoisotopic (exact) mass is 1120 g/mol. The molecule has 0 aromatic rings. The Hall–Kier alpha value is -3.89. The van der Waals surface area contributed by atoms with Crippen molar-refractivity contribution >= 4 is 38.5 Å². The van der Waals surface area contributed by atoms with Gasteiger partial charge in [-0.1, -0.05) is 20.8 Å². The maximum atomic E-state index is 14.3. The van der Waals surface area contributed by atoms with Gasteiger partial charge >= 0.3 is 24.2 Å². The predicted molar refractivity (Wildman–Crippen MR) is 284 cm³/mol. The van der Waals surface area contributed by atoms with Crippen molar-refractivity contribution in [2.24, 2.45) is 0 Å². The third-order valence-electron chi connectivity index (χ3n) is 13.4. The minimum atomic E-state index is -2.05. The van der Waals surface area contributed by atoms with Gasteiger partial charge in [-0.15, -0.1) is 0 Å². The predicted octanol–water partition coefficient (Wildman–Crippen LogP) is 3.13. The van der Waals surface area contributed by atoms with Gasteiger partial charge in [-0.05, 0) is 127 Å². The Balaban J connectivity index is 1.75. The number of hydrogen-bond donors (Lipinski definition) is 8. The van der Waals surface area contributed by atoms with E-state index in [2.05, 4.69) is 55.1 Å². The molecule has 24 nitrogen and oxygen atoms in total. The number of hydrogen-bond acceptors (Lipinski definition) is 20. The highest BCUT2D eigenvalue weighted by Gasteiger charge is 2.57. The standard InChI is InChI=1S/C52H94N6O18Si/c1-46(2,3)73-34(59)26-58-27-52(67,28-58)42(62)54-32-24-33(56-44(64)75-48(7,8)9)38(35(60)37(32)72-41-36(61)39(51(16,66)29-68-41)57(17)45(65)76-49(10,11)12)71-40-31(55-43(63)74-47(4,5)6)21-20-30(70-40)25-53-22-23-69-77(18,19)50(13,14)15/h20,31-33,35-41,53,60-61,66-67H,21-29H2,1-19H3,(H,54,62)(H,55,63)(H,56,64)/t31-,32-,33+,35-,36-,37+,38-,39-,40-,41-,51+/m1/s1. The van der Waals surface area contributed by atoms with Gasteiger partial charge in [-0.2, -0.15) is 0 Å². The van der Waals surface area contributed by atoms with E-state index in [1.807, 2.05) is 0 Å². The van der Waals surface area contributed by atoms with Crippen LogP contribution >= 0.6 is 0 Å². The molecule has 3 fully saturated rings. The molecule has 444 valence electrons. The average Bonchev–Trinajstić information content (AvgIpc) is 3.21. The van der Waals surface area contributed by atoms with Gasteiger partial charge in [-0.3, -0.25) is 14.5 Å². The minimum absolute atomic E-state index is 0.00720. The molecule has 0 bridgehead atoms. The van der Waals surface area contributed by atoms with Crippen LogP contribution in [-0.2, 0) is 51.9 Å². The lowest BCUT2D eigenvalue weighted by molar-refractivity contribution is -0.311. The summed E-state index contributed by atoms with van der Waals surface area (Å²) in [5.41, 5.74) is -7.53. The highest BCUT2D eigenvalue weighted by molar-refractivity contribution is 6.74. The van der Waals surface area contributed by atoms with Gasteiger partial charge in [0.15, 0.2) is 20.2 Å². The molecule has 1 saturated carbocycles. The molecule has 0 unspecified atom stereocenters. The summed E-state index contributed by atoms with van der Waals surface area (Å²) in [7, 11) is -0.711. The van der Waals surface area contributed by atoms with Gasteiger partial charge in [0.25, 0.3) is 5.91 Å². The summed E-state index contributed by atoms with van der Waals surface area (Å²) in [4.78, 5) is 70.0. The number of likely N-dealkylation sites (tertiary alicyclic amines) is 1. The van der Waals surface area contributed by atoms with Crippen LogP contribution in [0.1, 0.15) is 124 Å². The Morgan fingerprint density at radius 3 is 1.77 bits per heavy atom. The molecule has 0 aromatic carbocycles. The SMILES string of the molecule is CN(C(=O)OC(C)(C)C)[C@@H]1[C@@H](O)[C@@H](O[C@@H]2[C@@H](O)[C@H](O[C@H]3OC(CNCCO[Si](C)(C)C(C)(C)C)=CC[C@H]3NC(=O)OC(C)(C)C)[C@@H](NC(=O)OC(C)(C)C)C[C@H]2NC(=O)C2(O)CN(CC(=O)OC(C)(C)C)C2)OC[C@]1(C)O. The fraction of sp³-hybridized carbons (Fsp3) is 0.865. The Bertz CT molecular complexity index is 2070. The summed E-state index contributed by atoms with van der Waals surface area (Å²) in [6, 6.07) is -4.96.